The highest BCUT2D eigenvalue weighted by molar-refractivity contribution is 7.89. The highest BCUT2D eigenvalue weighted by Gasteiger charge is 2.23. The molecule has 0 saturated carbocycles. The van der Waals surface area contributed by atoms with Gasteiger partial charge in [-0.2, -0.15) is 4.31 Å². The van der Waals surface area contributed by atoms with Crippen LogP contribution in [0, 0.1) is 0 Å². The number of likely N-dealkylation sites (N-methyl/N-ethyl adjacent to an activating group) is 2. The van der Waals surface area contributed by atoms with Crippen molar-refractivity contribution in [3.63, 3.8) is 0 Å². The van der Waals surface area contributed by atoms with Crippen LogP contribution in [0.5, 0.6) is 0 Å². The number of hydrogen-bond acceptors (Lipinski definition) is 3. The maximum absolute atomic E-state index is 12.5. The normalized spacial score (nSPS) is 12.6. The molecule has 7 heteroatoms. The van der Waals surface area contributed by atoms with Crippen LogP contribution in [-0.4, -0.2) is 56.4 Å². The first kappa shape index (κ1) is 17.5. The van der Waals surface area contributed by atoms with Crippen LogP contribution in [0.1, 0.15) is 19.0 Å². The van der Waals surface area contributed by atoms with E-state index in [1.54, 1.807) is 19.3 Å². The quantitative estimate of drug-likeness (QED) is 0.686. The summed E-state index contributed by atoms with van der Waals surface area (Å²) in [6.45, 7) is 3.98. The second-order valence-corrected chi connectivity index (χ2v) is 7.44. The summed E-state index contributed by atoms with van der Waals surface area (Å²) >= 11 is 5.88. The molecule has 1 aromatic rings. The van der Waals surface area contributed by atoms with E-state index in [1.165, 1.54) is 4.31 Å². The Morgan fingerprint density at radius 3 is 2.40 bits per heavy atom. The van der Waals surface area contributed by atoms with Crippen molar-refractivity contribution in [1.29, 1.82) is 0 Å². The van der Waals surface area contributed by atoms with Gasteiger partial charge >= 0.3 is 0 Å². The minimum Gasteiger partial charge on any atom is -0.349 e. The smallest absolute Gasteiger partial charge is 0.244 e. The van der Waals surface area contributed by atoms with Crippen LogP contribution >= 0.6 is 11.6 Å². The monoisotopic (exact) mass is 321 g/mol. The summed E-state index contributed by atoms with van der Waals surface area (Å²) in [5.41, 5.74) is 0.841. The lowest BCUT2D eigenvalue weighted by atomic mass is 10.4. The van der Waals surface area contributed by atoms with Gasteiger partial charge in [0.2, 0.25) is 10.0 Å². The van der Waals surface area contributed by atoms with E-state index in [1.807, 2.05) is 23.6 Å². The third kappa shape index (κ3) is 4.22. The lowest BCUT2D eigenvalue weighted by molar-refractivity contribution is 0.358. The lowest BCUT2D eigenvalue weighted by Gasteiger charge is -2.18. The van der Waals surface area contributed by atoms with Gasteiger partial charge in [0.15, 0.2) is 0 Å². The molecule has 1 rings (SSSR count). The fourth-order valence-corrected chi connectivity index (χ4v) is 3.33. The van der Waals surface area contributed by atoms with E-state index in [0.29, 0.717) is 23.9 Å². The Balaban J connectivity index is 2.97. The molecule has 1 aromatic heterocycles. The summed E-state index contributed by atoms with van der Waals surface area (Å²) in [7, 11) is 2.01. The molecule has 0 N–H and O–H groups in total. The van der Waals surface area contributed by atoms with Crippen LogP contribution in [0.25, 0.3) is 0 Å². The first-order valence-corrected chi connectivity index (χ1v) is 8.66. The summed E-state index contributed by atoms with van der Waals surface area (Å²) in [6, 6.07) is 1.67. The Hall–Kier alpha value is -0.560. The van der Waals surface area contributed by atoms with Crippen molar-refractivity contribution in [2.75, 3.05) is 34.2 Å². The number of aromatic nitrogens is 1. The molecule has 5 nitrogen and oxygen atoms in total. The van der Waals surface area contributed by atoms with E-state index in [2.05, 4.69) is 6.92 Å². The lowest BCUT2D eigenvalue weighted by Crippen LogP contribution is -2.33. The molecule has 0 aliphatic rings. The topological polar surface area (TPSA) is 45.6 Å². The van der Waals surface area contributed by atoms with Crippen molar-refractivity contribution < 1.29 is 8.42 Å². The van der Waals surface area contributed by atoms with Crippen LogP contribution in [0.2, 0.25) is 0 Å². The Morgan fingerprint density at radius 1 is 1.25 bits per heavy atom. The maximum atomic E-state index is 12.5. The predicted molar refractivity (Wildman–Crippen MR) is 82.6 cm³/mol. The van der Waals surface area contributed by atoms with Crippen molar-refractivity contribution in [3.8, 4) is 0 Å². The van der Waals surface area contributed by atoms with Crippen LogP contribution in [0.3, 0.4) is 0 Å². The Morgan fingerprint density at radius 2 is 1.90 bits per heavy atom. The second kappa shape index (κ2) is 7.45. The zero-order chi connectivity index (χ0) is 15.3. The first-order chi connectivity index (χ1) is 9.32. The van der Waals surface area contributed by atoms with Gasteiger partial charge in [0, 0.05) is 38.6 Å². The van der Waals surface area contributed by atoms with Crippen molar-refractivity contribution in [3.05, 3.63) is 18.0 Å². The van der Waals surface area contributed by atoms with Crippen LogP contribution in [0.15, 0.2) is 17.2 Å². The molecule has 0 atom stereocenters. The Kier molecular flexibility index (Phi) is 6.51. The van der Waals surface area contributed by atoms with E-state index >= 15 is 0 Å². The molecule has 0 unspecified atom stereocenters. The largest absolute Gasteiger partial charge is 0.349 e. The number of rotatable bonds is 8. The zero-order valence-electron chi connectivity index (χ0n) is 12.6. The van der Waals surface area contributed by atoms with Crippen LogP contribution in [0.4, 0.5) is 0 Å². The molecular formula is C13H24ClN3O2S. The molecule has 0 amide bonds. The maximum Gasteiger partial charge on any atom is 0.244 e. The van der Waals surface area contributed by atoms with Crippen LogP contribution < -0.4 is 0 Å². The van der Waals surface area contributed by atoms with E-state index in [0.717, 1.165) is 18.7 Å². The van der Waals surface area contributed by atoms with E-state index in [9.17, 15) is 8.42 Å². The minimum absolute atomic E-state index is 0.316. The molecule has 0 spiro atoms. The number of hydrogen-bond donors (Lipinski definition) is 0. The Labute approximate surface area is 127 Å². The molecule has 0 radical (unpaired) electrons. The summed E-state index contributed by atoms with van der Waals surface area (Å²) < 4.78 is 28.3. The summed E-state index contributed by atoms with van der Waals surface area (Å²) in [6.07, 6.45) is 2.62. The molecule has 116 valence electrons. The van der Waals surface area contributed by atoms with Gasteiger partial charge in [-0.15, -0.1) is 11.6 Å². The third-order valence-electron chi connectivity index (χ3n) is 3.13. The molecule has 0 aromatic carbocycles. The number of nitrogens with zero attached hydrogens (tertiary/aromatic N) is 3. The van der Waals surface area contributed by atoms with E-state index < -0.39 is 10.0 Å². The van der Waals surface area contributed by atoms with Gasteiger partial charge in [-0.25, -0.2) is 8.42 Å². The van der Waals surface area contributed by atoms with Crippen molar-refractivity contribution >= 4 is 21.6 Å². The van der Waals surface area contributed by atoms with Crippen LogP contribution in [-0.2, 0) is 22.4 Å². The summed E-state index contributed by atoms with van der Waals surface area (Å²) in [5.74, 6) is 0.316. The second-order valence-electron chi connectivity index (χ2n) is 5.12. The minimum atomic E-state index is -3.44. The number of halogens is 1. The molecule has 0 saturated heterocycles. The van der Waals surface area contributed by atoms with Gasteiger partial charge in [-0.1, -0.05) is 6.92 Å². The third-order valence-corrected chi connectivity index (χ3v) is 5.23. The van der Waals surface area contributed by atoms with Gasteiger partial charge in [-0.05, 0) is 26.6 Å². The zero-order valence-corrected chi connectivity index (χ0v) is 14.2. The molecule has 0 bridgehead atoms. The number of sulfonamides is 1. The standard InChI is InChI=1S/C13H24ClN3O2S/c1-5-6-17-11-13(9-12(17)10-14)20(18,19)16(4)8-7-15(2)3/h9,11H,5-8,10H2,1-4H3. The first-order valence-electron chi connectivity index (χ1n) is 6.69. The summed E-state index contributed by atoms with van der Waals surface area (Å²) in [4.78, 5) is 2.28. The predicted octanol–water partition coefficient (Wildman–Crippen LogP) is 1.82. The summed E-state index contributed by atoms with van der Waals surface area (Å²) in [5, 5.41) is 0. The Bertz CT molecular complexity index is 526. The fraction of sp³-hybridized carbons (Fsp3) is 0.692. The van der Waals surface area contributed by atoms with Gasteiger partial charge in [-0.3, -0.25) is 0 Å². The molecule has 0 aliphatic heterocycles. The van der Waals surface area contributed by atoms with Gasteiger partial charge in [0.05, 0.1) is 5.88 Å². The number of alkyl halides is 1. The number of aryl methyl sites for hydroxylation is 1. The highest BCUT2D eigenvalue weighted by Crippen LogP contribution is 2.19. The highest BCUT2D eigenvalue weighted by atomic mass is 35.5. The average Bonchev–Trinajstić information content (AvgIpc) is 2.80. The molecule has 1 heterocycles. The van der Waals surface area contributed by atoms with E-state index in [4.69, 9.17) is 11.6 Å². The molecule has 0 aliphatic carbocycles. The molecule has 0 fully saturated rings. The molecule has 20 heavy (non-hydrogen) atoms. The van der Waals surface area contributed by atoms with Gasteiger partial charge < -0.3 is 9.47 Å². The fourth-order valence-electron chi connectivity index (χ4n) is 1.87. The SMILES string of the molecule is CCCn1cc(S(=O)(=O)N(C)CCN(C)C)cc1CCl. The van der Waals surface area contributed by atoms with Gasteiger partial charge in [0.25, 0.3) is 0 Å². The van der Waals surface area contributed by atoms with E-state index in [-0.39, 0.29) is 0 Å². The van der Waals surface area contributed by atoms with Crippen molar-refractivity contribution in [1.82, 2.24) is 13.8 Å². The molecular weight excluding hydrogens is 298 g/mol. The van der Waals surface area contributed by atoms with Crippen molar-refractivity contribution in [2.45, 2.75) is 30.7 Å². The van der Waals surface area contributed by atoms with Crippen molar-refractivity contribution in [2.24, 2.45) is 0 Å². The van der Waals surface area contributed by atoms with Gasteiger partial charge in [0.1, 0.15) is 4.90 Å². The average molecular weight is 322 g/mol.